The predicted octanol–water partition coefficient (Wildman–Crippen LogP) is 2.94. The highest BCUT2D eigenvalue weighted by Gasteiger charge is 2.34. The number of halogens is 3. The molecule has 1 aromatic rings. The van der Waals surface area contributed by atoms with Crippen LogP contribution in [-0.4, -0.2) is 30.7 Å². The molecule has 1 unspecified atom stereocenters. The molecule has 0 spiro atoms. The van der Waals surface area contributed by atoms with E-state index in [1.165, 1.54) is 6.08 Å². The maximum atomic E-state index is 12.4. The minimum absolute atomic E-state index is 0.0562. The highest BCUT2D eigenvalue weighted by Crippen LogP contribution is 2.30. The van der Waals surface area contributed by atoms with Gasteiger partial charge in [0, 0.05) is 30.1 Å². The zero-order valence-electron chi connectivity index (χ0n) is 9.78. The van der Waals surface area contributed by atoms with E-state index in [2.05, 4.69) is 0 Å². The lowest BCUT2D eigenvalue weighted by Gasteiger charge is -2.28. The number of nitrogens with zero attached hydrogens (tertiary/aromatic N) is 1. The van der Waals surface area contributed by atoms with Crippen LogP contribution in [0.5, 0.6) is 0 Å². The van der Waals surface area contributed by atoms with Crippen LogP contribution in [0.25, 0.3) is 0 Å². The summed E-state index contributed by atoms with van der Waals surface area (Å²) in [7, 11) is 0. The molecule has 1 aliphatic heterocycles. The Morgan fingerprint density at radius 1 is 1.44 bits per heavy atom. The topological polar surface area (TPSA) is 29.3 Å². The van der Waals surface area contributed by atoms with Gasteiger partial charge in [-0.1, -0.05) is 12.1 Å². The monoisotopic (exact) mass is 276 g/mol. The van der Waals surface area contributed by atoms with E-state index in [1.807, 2.05) is 22.4 Å². The van der Waals surface area contributed by atoms with Gasteiger partial charge in [-0.3, -0.25) is 4.90 Å². The average Bonchev–Trinajstić information content (AvgIpc) is 2.82. The molecular weight excluding hydrogens is 261 g/mol. The van der Waals surface area contributed by atoms with Gasteiger partial charge in [0.05, 0.1) is 6.04 Å². The van der Waals surface area contributed by atoms with Crippen molar-refractivity contribution >= 4 is 11.3 Å². The molecule has 0 aromatic carbocycles. The molecule has 100 valence electrons. The lowest BCUT2D eigenvalue weighted by molar-refractivity contribution is -0.0960. The van der Waals surface area contributed by atoms with E-state index < -0.39 is 11.7 Å². The first-order chi connectivity index (χ1) is 8.47. The summed E-state index contributed by atoms with van der Waals surface area (Å²) in [6.07, 6.45) is -2.85. The van der Waals surface area contributed by atoms with Gasteiger partial charge in [0.15, 0.2) is 0 Å². The van der Waals surface area contributed by atoms with Gasteiger partial charge in [-0.25, -0.2) is 0 Å². The molecule has 0 bridgehead atoms. The summed E-state index contributed by atoms with van der Waals surface area (Å²) in [4.78, 5) is 3.03. The van der Waals surface area contributed by atoms with Crippen molar-refractivity contribution in [2.45, 2.75) is 18.6 Å². The summed E-state index contributed by atoms with van der Waals surface area (Å²) in [6, 6.07) is 3.76. The standard InChI is InChI=1S/C12H15F3N2S/c13-12(14,15)9-3-5-17(6-4-9)8-10(16)11-2-1-7-18-11/h1-3,7,10H,4-6,8,16H2. The maximum Gasteiger partial charge on any atom is 0.412 e. The van der Waals surface area contributed by atoms with Gasteiger partial charge >= 0.3 is 6.18 Å². The van der Waals surface area contributed by atoms with Crippen molar-refractivity contribution in [3.8, 4) is 0 Å². The van der Waals surface area contributed by atoms with Crippen LogP contribution in [0.3, 0.4) is 0 Å². The molecule has 1 aliphatic rings. The van der Waals surface area contributed by atoms with Crippen LogP contribution >= 0.6 is 11.3 Å². The minimum atomic E-state index is -4.18. The number of rotatable bonds is 3. The van der Waals surface area contributed by atoms with Crippen LogP contribution in [0.4, 0.5) is 13.2 Å². The quantitative estimate of drug-likeness (QED) is 0.860. The summed E-state index contributed by atoms with van der Waals surface area (Å²) in [5.74, 6) is 0. The Hall–Kier alpha value is -0.850. The molecule has 2 nitrogen and oxygen atoms in total. The summed E-state index contributed by atoms with van der Waals surface area (Å²) >= 11 is 1.58. The summed E-state index contributed by atoms with van der Waals surface area (Å²) in [5, 5.41) is 1.95. The lowest BCUT2D eigenvalue weighted by Crippen LogP contribution is -2.36. The fraction of sp³-hybridized carbons (Fsp3) is 0.500. The Morgan fingerprint density at radius 2 is 2.22 bits per heavy atom. The number of hydrogen-bond donors (Lipinski definition) is 1. The van der Waals surface area contributed by atoms with Crippen molar-refractivity contribution in [2.75, 3.05) is 19.6 Å². The fourth-order valence-corrected chi connectivity index (χ4v) is 2.73. The van der Waals surface area contributed by atoms with Crippen molar-refractivity contribution in [2.24, 2.45) is 5.73 Å². The average molecular weight is 276 g/mol. The SMILES string of the molecule is NC(CN1CC=C(C(F)(F)F)CC1)c1cccs1. The van der Waals surface area contributed by atoms with E-state index in [1.54, 1.807) is 11.3 Å². The fourth-order valence-electron chi connectivity index (χ4n) is 2.00. The van der Waals surface area contributed by atoms with Crippen LogP contribution < -0.4 is 5.73 Å². The molecule has 1 atom stereocenters. The van der Waals surface area contributed by atoms with Crippen molar-refractivity contribution in [3.63, 3.8) is 0 Å². The molecule has 0 saturated carbocycles. The zero-order valence-corrected chi connectivity index (χ0v) is 10.6. The summed E-state index contributed by atoms with van der Waals surface area (Å²) in [5.41, 5.74) is 5.60. The Balaban J connectivity index is 1.89. The molecule has 1 aromatic heterocycles. The molecule has 0 saturated heterocycles. The van der Waals surface area contributed by atoms with Gasteiger partial charge in [0.1, 0.15) is 0 Å². The third kappa shape index (κ3) is 3.34. The molecule has 2 N–H and O–H groups in total. The zero-order chi connectivity index (χ0) is 13.2. The lowest BCUT2D eigenvalue weighted by atomic mass is 10.1. The molecule has 18 heavy (non-hydrogen) atoms. The van der Waals surface area contributed by atoms with Gasteiger partial charge in [-0.15, -0.1) is 11.3 Å². The van der Waals surface area contributed by atoms with Crippen LogP contribution in [0.15, 0.2) is 29.2 Å². The van der Waals surface area contributed by atoms with E-state index in [4.69, 9.17) is 5.73 Å². The smallest absolute Gasteiger partial charge is 0.322 e. The van der Waals surface area contributed by atoms with Crippen molar-refractivity contribution < 1.29 is 13.2 Å². The van der Waals surface area contributed by atoms with E-state index in [0.717, 1.165) is 4.88 Å². The second kappa shape index (κ2) is 5.42. The van der Waals surface area contributed by atoms with Crippen LogP contribution in [0.2, 0.25) is 0 Å². The molecule has 0 aliphatic carbocycles. The normalized spacial score (nSPS) is 19.7. The Kier molecular flexibility index (Phi) is 4.09. The predicted molar refractivity (Wildman–Crippen MR) is 66.4 cm³/mol. The Labute approximate surface area is 108 Å². The van der Waals surface area contributed by atoms with Crippen LogP contribution in [0.1, 0.15) is 17.3 Å². The highest BCUT2D eigenvalue weighted by molar-refractivity contribution is 7.10. The van der Waals surface area contributed by atoms with Gasteiger partial charge < -0.3 is 5.73 Å². The van der Waals surface area contributed by atoms with E-state index >= 15 is 0 Å². The second-order valence-electron chi connectivity index (χ2n) is 4.36. The van der Waals surface area contributed by atoms with Gasteiger partial charge in [-0.2, -0.15) is 13.2 Å². The van der Waals surface area contributed by atoms with E-state index in [9.17, 15) is 13.2 Å². The summed E-state index contributed by atoms with van der Waals surface area (Å²) in [6.45, 7) is 1.35. The first kappa shape index (κ1) is 13.6. The maximum absolute atomic E-state index is 12.4. The first-order valence-corrected chi connectivity index (χ1v) is 6.62. The largest absolute Gasteiger partial charge is 0.412 e. The minimum Gasteiger partial charge on any atom is -0.322 e. The van der Waals surface area contributed by atoms with Gasteiger partial charge in [0.2, 0.25) is 0 Å². The van der Waals surface area contributed by atoms with Crippen molar-refractivity contribution in [1.29, 1.82) is 0 Å². The number of alkyl halides is 3. The highest BCUT2D eigenvalue weighted by atomic mass is 32.1. The number of thiophene rings is 1. The van der Waals surface area contributed by atoms with Crippen molar-refractivity contribution in [3.05, 3.63) is 34.0 Å². The number of hydrogen-bond acceptors (Lipinski definition) is 3. The third-order valence-corrected chi connectivity index (χ3v) is 4.03. The van der Waals surface area contributed by atoms with E-state index in [-0.39, 0.29) is 12.5 Å². The molecule has 0 radical (unpaired) electrons. The number of nitrogens with two attached hydrogens (primary N) is 1. The summed E-state index contributed by atoms with van der Waals surface area (Å²) < 4.78 is 37.3. The molecule has 6 heteroatoms. The third-order valence-electron chi connectivity index (χ3n) is 3.02. The molecule has 2 rings (SSSR count). The second-order valence-corrected chi connectivity index (χ2v) is 5.34. The van der Waals surface area contributed by atoms with Gasteiger partial charge in [0.25, 0.3) is 0 Å². The molecule has 0 amide bonds. The van der Waals surface area contributed by atoms with Gasteiger partial charge in [-0.05, 0) is 17.9 Å². The van der Waals surface area contributed by atoms with Crippen LogP contribution in [0, 0.1) is 0 Å². The molecule has 0 fully saturated rings. The van der Waals surface area contributed by atoms with Crippen molar-refractivity contribution in [1.82, 2.24) is 4.90 Å². The Morgan fingerprint density at radius 3 is 2.72 bits per heavy atom. The van der Waals surface area contributed by atoms with Crippen LogP contribution in [-0.2, 0) is 0 Å². The van der Waals surface area contributed by atoms with E-state index in [0.29, 0.717) is 19.6 Å². The molecule has 2 heterocycles. The molecular formula is C12H15F3N2S. The Bertz CT molecular complexity index is 411. The first-order valence-electron chi connectivity index (χ1n) is 5.74.